The van der Waals surface area contributed by atoms with Crippen LogP contribution >= 0.6 is 0 Å². The van der Waals surface area contributed by atoms with Crippen molar-refractivity contribution in [2.45, 2.75) is 13.3 Å². The van der Waals surface area contributed by atoms with Crippen LogP contribution in [-0.2, 0) is 6.42 Å². The van der Waals surface area contributed by atoms with Gasteiger partial charge in [0.25, 0.3) is 0 Å². The Morgan fingerprint density at radius 3 is 3.06 bits per heavy atom. The zero-order valence-corrected chi connectivity index (χ0v) is 8.99. The van der Waals surface area contributed by atoms with E-state index in [-0.39, 0.29) is 0 Å². The van der Waals surface area contributed by atoms with E-state index in [1.165, 1.54) is 0 Å². The molecule has 4 heteroatoms. The molecule has 80 valence electrons. The summed E-state index contributed by atoms with van der Waals surface area (Å²) in [5, 5.41) is 2.27. The third kappa shape index (κ3) is 1.10. The second-order valence-corrected chi connectivity index (χ2v) is 3.79. The number of hydrogen-bond acceptors (Lipinski definition) is 3. The zero-order chi connectivity index (χ0) is 11.1. The number of nitrogen functional groups attached to an aromatic ring is 1. The van der Waals surface area contributed by atoms with Crippen molar-refractivity contribution in [3.63, 3.8) is 0 Å². The first-order chi connectivity index (χ1) is 7.81. The van der Waals surface area contributed by atoms with E-state index >= 15 is 0 Å². The minimum atomic E-state index is 0.611. The number of hydrogen-bond donors (Lipinski definition) is 2. The number of H-pyrrole nitrogens is 1. The lowest BCUT2D eigenvalue weighted by Crippen LogP contribution is -1.96. The van der Waals surface area contributed by atoms with Gasteiger partial charge in [0.2, 0.25) is 0 Å². The van der Waals surface area contributed by atoms with Crippen LogP contribution in [0.1, 0.15) is 12.5 Å². The van der Waals surface area contributed by atoms with Gasteiger partial charge >= 0.3 is 0 Å². The minimum absolute atomic E-state index is 0.611. The summed E-state index contributed by atoms with van der Waals surface area (Å²) < 4.78 is 0. The first-order valence-electron chi connectivity index (χ1n) is 5.31. The highest BCUT2D eigenvalue weighted by Gasteiger charge is 2.11. The smallest absolute Gasteiger partial charge is 0.138 e. The van der Waals surface area contributed by atoms with Crippen LogP contribution in [0.15, 0.2) is 24.5 Å². The number of pyridine rings is 2. The Balaban J connectivity index is 2.57. The number of nitrogens with one attached hydrogen (secondary N) is 1. The van der Waals surface area contributed by atoms with Gasteiger partial charge in [-0.2, -0.15) is 0 Å². The van der Waals surface area contributed by atoms with Gasteiger partial charge in [-0.3, -0.25) is 0 Å². The number of aromatic nitrogens is 3. The van der Waals surface area contributed by atoms with Crippen molar-refractivity contribution in [1.29, 1.82) is 0 Å². The van der Waals surface area contributed by atoms with E-state index in [4.69, 9.17) is 5.73 Å². The van der Waals surface area contributed by atoms with Crippen molar-refractivity contribution in [2.75, 3.05) is 5.73 Å². The second-order valence-electron chi connectivity index (χ2n) is 3.79. The zero-order valence-electron chi connectivity index (χ0n) is 8.99. The van der Waals surface area contributed by atoms with Crippen LogP contribution < -0.4 is 5.73 Å². The molecule has 0 aliphatic rings. The largest absolute Gasteiger partial charge is 0.383 e. The molecule has 0 atom stereocenters. The van der Waals surface area contributed by atoms with Crippen LogP contribution in [0, 0.1) is 0 Å². The number of nitrogens with zero attached hydrogens (tertiary/aromatic N) is 2. The maximum Gasteiger partial charge on any atom is 0.138 e. The topological polar surface area (TPSA) is 67.6 Å². The Morgan fingerprint density at radius 1 is 1.38 bits per heavy atom. The van der Waals surface area contributed by atoms with Crippen molar-refractivity contribution in [3.05, 3.63) is 30.1 Å². The lowest BCUT2D eigenvalue weighted by Gasteiger charge is -2.03. The Labute approximate surface area is 92.5 Å². The van der Waals surface area contributed by atoms with Crippen molar-refractivity contribution in [3.8, 4) is 0 Å². The van der Waals surface area contributed by atoms with Crippen LogP contribution in [0.3, 0.4) is 0 Å². The molecule has 3 rings (SSSR count). The number of fused-ring (bicyclic) bond motifs is 3. The fourth-order valence-corrected chi connectivity index (χ4v) is 2.16. The van der Waals surface area contributed by atoms with E-state index in [2.05, 4.69) is 27.9 Å². The summed E-state index contributed by atoms with van der Waals surface area (Å²) in [6.45, 7) is 2.09. The monoisotopic (exact) mass is 212 g/mol. The molecule has 0 aromatic carbocycles. The normalized spacial score (nSPS) is 11.3. The van der Waals surface area contributed by atoms with Crippen LogP contribution in [-0.4, -0.2) is 15.0 Å². The van der Waals surface area contributed by atoms with Gasteiger partial charge in [0.05, 0.1) is 11.7 Å². The number of anilines is 1. The third-order valence-corrected chi connectivity index (χ3v) is 2.90. The van der Waals surface area contributed by atoms with Gasteiger partial charge < -0.3 is 10.7 Å². The minimum Gasteiger partial charge on any atom is -0.383 e. The molecule has 0 bridgehead atoms. The molecule has 3 aromatic heterocycles. The van der Waals surface area contributed by atoms with Gasteiger partial charge in [-0.15, -0.1) is 0 Å². The van der Waals surface area contributed by atoms with E-state index < -0.39 is 0 Å². The van der Waals surface area contributed by atoms with E-state index in [9.17, 15) is 0 Å². The Hall–Kier alpha value is -2.10. The standard InChI is InChI=1S/C12H12N4/c1-2-7-10-8-4-3-5-14-12(8)16-9(10)6-15-11(7)13/h3-6H,2H2,1H3,(H2,13,15)(H,14,16). The summed E-state index contributed by atoms with van der Waals surface area (Å²) in [4.78, 5) is 11.7. The fraction of sp³-hybridized carbons (Fsp3) is 0.167. The Bertz CT molecular complexity index is 669. The molecular weight excluding hydrogens is 200 g/mol. The Morgan fingerprint density at radius 2 is 2.25 bits per heavy atom. The quantitative estimate of drug-likeness (QED) is 0.650. The number of aryl methyl sites for hydroxylation is 1. The molecule has 3 heterocycles. The molecule has 0 spiro atoms. The predicted molar refractivity (Wildman–Crippen MR) is 65.2 cm³/mol. The number of rotatable bonds is 1. The predicted octanol–water partition coefficient (Wildman–Crippen LogP) is 2.26. The molecule has 0 fully saturated rings. The van der Waals surface area contributed by atoms with E-state index in [1.54, 1.807) is 12.4 Å². The van der Waals surface area contributed by atoms with Crippen molar-refractivity contribution >= 4 is 27.8 Å². The van der Waals surface area contributed by atoms with Gasteiger partial charge in [-0.25, -0.2) is 9.97 Å². The third-order valence-electron chi connectivity index (χ3n) is 2.90. The first-order valence-corrected chi connectivity index (χ1v) is 5.31. The molecule has 3 N–H and O–H groups in total. The summed E-state index contributed by atoms with van der Waals surface area (Å²) in [5.41, 5.74) is 8.88. The van der Waals surface area contributed by atoms with Crippen LogP contribution in [0.25, 0.3) is 21.9 Å². The van der Waals surface area contributed by atoms with Crippen LogP contribution in [0.2, 0.25) is 0 Å². The van der Waals surface area contributed by atoms with E-state index in [0.29, 0.717) is 5.82 Å². The molecule has 3 aromatic rings. The molecule has 0 aliphatic heterocycles. The summed E-state index contributed by atoms with van der Waals surface area (Å²) in [6.07, 6.45) is 4.42. The average Bonchev–Trinajstić information content (AvgIpc) is 2.68. The Kier molecular flexibility index (Phi) is 1.83. The van der Waals surface area contributed by atoms with Gasteiger partial charge in [0.1, 0.15) is 11.5 Å². The summed E-state index contributed by atoms with van der Waals surface area (Å²) >= 11 is 0. The lowest BCUT2D eigenvalue weighted by atomic mass is 10.1. The van der Waals surface area contributed by atoms with Crippen molar-refractivity contribution in [1.82, 2.24) is 15.0 Å². The summed E-state index contributed by atoms with van der Waals surface area (Å²) in [6, 6.07) is 3.99. The van der Waals surface area contributed by atoms with Crippen molar-refractivity contribution < 1.29 is 0 Å². The van der Waals surface area contributed by atoms with Crippen molar-refractivity contribution in [2.24, 2.45) is 0 Å². The number of aromatic amines is 1. The fourth-order valence-electron chi connectivity index (χ4n) is 2.16. The second kappa shape index (κ2) is 3.20. The van der Waals surface area contributed by atoms with Crippen LogP contribution in [0.5, 0.6) is 0 Å². The maximum atomic E-state index is 5.90. The van der Waals surface area contributed by atoms with Gasteiger partial charge in [0, 0.05) is 22.5 Å². The summed E-state index contributed by atoms with van der Waals surface area (Å²) in [7, 11) is 0. The maximum absolute atomic E-state index is 5.90. The molecule has 0 aliphatic carbocycles. The molecule has 0 amide bonds. The van der Waals surface area contributed by atoms with Gasteiger partial charge in [-0.05, 0) is 18.6 Å². The first kappa shape index (κ1) is 9.15. The lowest BCUT2D eigenvalue weighted by molar-refractivity contribution is 1.14. The summed E-state index contributed by atoms with van der Waals surface area (Å²) in [5.74, 6) is 0.611. The van der Waals surface area contributed by atoms with E-state index in [1.807, 2.05) is 6.07 Å². The van der Waals surface area contributed by atoms with E-state index in [0.717, 1.165) is 33.9 Å². The molecule has 4 nitrogen and oxygen atoms in total. The average molecular weight is 212 g/mol. The van der Waals surface area contributed by atoms with Crippen LogP contribution in [0.4, 0.5) is 5.82 Å². The molecule has 0 radical (unpaired) electrons. The highest BCUT2D eigenvalue weighted by atomic mass is 14.9. The highest BCUT2D eigenvalue weighted by molar-refractivity contribution is 6.08. The molecular formula is C12H12N4. The molecule has 0 saturated heterocycles. The highest BCUT2D eigenvalue weighted by Crippen LogP contribution is 2.29. The molecule has 0 saturated carbocycles. The molecule has 16 heavy (non-hydrogen) atoms. The van der Waals surface area contributed by atoms with Gasteiger partial charge in [0.15, 0.2) is 0 Å². The van der Waals surface area contributed by atoms with Gasteiger partial charge in [-0.1, -0.05) is 6.92 Å². The SMILES string of the molecule is CCc1c(N)ncc2[nH]c3ncccc3c12. The molecule has 0 unspecified atom stereocenters. The number of nitrogens with two attached hydrogens (primary N) is 1.